The van der Waals surface area contributed by atoms with E-state index in [2.05, 4.69) is 15.3 Å². The number of carbonyl (C=O) groups excluding carboxylic acids is 1. The third-order valence-electron chi connectivity index (χ3n) is 2.52. The molecule has 0 bridgehead atoms. The molecular weight excluding hydrogens is 325 g/mol. The number of anilines is 1. The molecule has 0 saturated heterocycles. The van der Waals surface area contributed by atoms with Gasteiger partial charge < -0.3 is 10.1 Å². The molecule has 0 aliphatic rings. The van der Waals surface area contributed by atoms with Crippen LogP contribution in [0.3, 0.4) is 0 Å². The Labute approximate surface area is 130 Å². The van der Waals surface area contributed by atoms with E-state index in [0.29, 0.717) is 16.6 Å². The molecule has 20 heavy (non-hydrogen) atoms. The zero-order chi connectivity index (χ0) is 14.7. The Morgan fingerprint density at radius 1 is 1.45 bits per heavy atom. The number of nitrogens with one attached hydrogen (secondary N) is 1. The van der Waals surface area contributed by atoms with E-state index < -0.39 is 5.97 Å². The molecule has 0 spiro atoms. The molecule has 0 unspecified atom stereocenters. The smallest absolute Gasteiger partial charge is 0.341 e. The SMILES string of the molecule is CCOC(=O)c1cnc2c(Cl)nc(Cl)cc2c1NCCl. The lowest BCUT2D eigenvalue weighted by Gasteiger charge is -2.12. The molecular formula is C12H10Cl3N3O2. The highest BCUT2D eigenvalue weighted by atomic mass is 35.5. The molecule has 2 heterocycles. The van der Waals surface area contributed by atoms with E-state index >= 15 is 0 Å². The fraction of sp³-hybridized carbons (Fsp3) is 0.250. The van der Waals surface area contributed by atoms with Crippen LogP contribution in [0.1, 0.15) is 17.3 Å². The van der Waals surface area contributed by atoms with Gasteiger partial charge in [0.15, 0.2) is 5.15 Å². The van der Waals surface area contributed by atoms with Gasteiger partial charge in [0.25, 0.3) is 0 Å². The van der Waals surface area contributed by atoms with Crippen LogP contribution in [0.5, 0.6) is 0 Å². The number of pyridine rings is 2. The molecule has 5 nitrogen and oxygen atoms in total. The summed E-state index contributed by atoms with van der Waals surface area (Å²) < 4.78 is 4.98. The fourth-order valence-corrected chi connectivity index (χ4v) is 2.36. The van der Waals surface area contributed by atoms with Crippen LogP contribution in [0.4, 0.5) is 5.69 Å². The number of halogens is 3. The van der Waals surface area contributed by atoms with Crippen molar-refractivity contribution in [1.29, 1.82) is 0 Å². The molecule has 0 fully saturated rings. The number of carbonyl (C=O) groups is 1. The quantitative estimate of drug-likeness (QED) is 0.399. The molecule has 106 valence electrons. The van der Waals surface area contributed by atoms with Gasteiger partial charge >= 0.3 is 5.97 Å². The highest BCUT2D eigenvalue weighted by Gasteiger charge is 2.18. The van der Waals surface area contributed by atoms with Crippen LogP contribution in [0, 0.1) is 0 Å². The number of rotatable bonds is 4. The second-order valence-corrected chi connectivity index (χ2v) is 4.72. The number of hydrogen-bond acceptors (Lipinski definition) is 5. The van der Waals surface area contributed by atoms with Crippen molar-refractivity contribution in [3.63, 3.8) is 0 Å². The normalized spacial score (nSPS) is 10.6. The highest BCUT2D eigenvalue weighted by molar-refractivity contribution is 6.36. The minimum atomic E-state index is -0.501. The average Bonchev–Trinajstić information content (AvgIpc) is 2.39. The molecule has 1 N–H and O–H groups in total. The summed E-state index contributed by atoms with van der Waals surface area (Å²) in [5, 5.41) is 3.80. The van der Waals surface area contributed by atoms with Gasteiger partial charge in [-0.15, -0.1) is 11.6 Å². The molecule has 8 heteroatoms. The van der Waals surface area contributed by atoms with E-state index in [1.807, 2.05) is 0 Å². The van der Waals surface area contributed by atoms with Crippen molar-refractivity contribution in [2.45, 2.75) is 6.92 Å². The van der Waals surface area contributed by atoms with Crippen molar-refractivity contribution in [2.75, 3.05) is 17.9 Å². The molecule has 0 atom stereocenters. The Balaban J connectivity index is 2.71. The topological polar surface area (TPSA) is 64.1 Å². The summed E-state index contributed by atoms with van der Waals surface area (Å²) in [5.41, 5.74) is 1.16. The van der Waals surface area contributed by atoms with Gasteiger partial charge in [0, 0.05) is 11.6 Å². The summed E-state index contributed by atoms with van der Waals surface area (Å²) in [7, 11) is 0. The highest BCUT2D eigenvalue weighted by Crippen LogP contribution is 2.31. The van der Waals surface area contributed by atoms with Gasteiger partial charge in [0.2, 0.25) is 0 Å². The van der Waals surface area contributed by atoms with Gasteiger partial charge in [-0.25, -0.2) is 9.78 Å². The van der Waals surface area contributed by atoms with Crippen molar-refractivity contribution in [3.8, 4) is 0 Å². The number of nitrogens with zero attached hydrogens (tertiary/aromatic N) is 2. The van der Waals surface area contributed by atoms with Crippen molar-refractivity contribution in [1.82, 2.24) is 9.97 Å². The van der Waals surface area contributed by atoms with Crippen LogP contribution < -0.4 is 5.32 Å². The monoisotopic (exact) mass is 333 g/mol. The lowest BCUT2D eigenvalue weighted by Crippen LogP contribution is -2.10. The van der Waals surface area contributed by atoms with E-state index in [9.17, 15) is 4.79 Å². The maximum absolute atomic E-state index is 11.9. The Kier molecular flexibility index (Phi) is 4.86. The zero-order valence-corrected chi connectivity index (χ0v) is 12.7. The predicted octanol–water partition coefficient (Wildman–Crippen LogP) is 3.72. The molecule has 0 saturated carbocycles. The van der Waals surface area contributed by atoms with E-state index in [1.54, 1.807) is 13.0 Å². The second kappa shape index (κ2) is 6.43. The summed E-state index contributed by atoms with van der Waals surface area (Å²) in [6.45, 7) is 1.98. The van der Waals surface area contributed by atoms with Crippen LogP contribution in [0.15, 0.2) is 12.3 Å². The van der Waals surface area contributed by atoms with Crippen molar-refractivity contribution >= 4 is 57.4 Å². The summed E-state index contributed by atoms with van der Waals surface area (Å²) in [4.78, 5) is 20.0. The second-order valence-electron chi connectivity index (χ2n) is 3.71. The first-order valence-electron chi connectivity index (χ1n) is 5.70. The van der Waals surface area contributed by atoms with Crippen LogP contribution in [0.2, 0.25) is 10.3 Å². The van der Waals surface area contributed by atoms with Gasteiger partial charge in [-0.1, -0.05) is 23.2 Å². The Morgan fingerprint density at radius 3 is 2.85 bits per heavy atom. The summed E-state index contributed by atoms with van der Waals surface area (Å²) in [6, 6.07) is 1.66. The minimum Gasteiger partial charge on any atom is -0.462 e. The van der Waals surface area contributed by atoms with Crippen molar-refractivity contribution in [3.05, 3.63) is 28.1 Å². The fourth-order valence-electron chi connectivity index (χ4n) is 1.75. The lowest BCUT2D eigenvalue weighted by molar-refractivity contribution is 0.0527. The van der Waals surface area contributed by atoms with Crippen LogP contribution in [-0.2, 0) is 4.74 Å². The zero-order valence-electron chi connectivity index (χ0n) is 10.4. The Hall–Kier alpha value is -1.30. The molecule has 0 radical (unpaired) electrons. The van der Waals surface area contributed by atoms with E-state index in [0.717, 1.165) is 0 Å². The number of aromatic nitrogens is 2. The van der Waals surface area contributed by atoms with Crippen LogP contribution in [0.25, 0.3) is 10.9 Å². The molecule has 0 aromatic carbocycles. The standard InChI is InChI=1S/C12H10Cl3N3O2/c1-2-20-12(19)7-4-16-10-6(9(7)17-5-13)3-8(14)18-11(10)15/h3-4H,2,5H2,1H3,(H,16,17). The first-order chi connectivity index (χ1) is 9.58. The molecule has 2 aromatic heterocycles. The maximum Gasteiger partial charge on any atom is 0.341 e. The average molecular weight is 335 g/mol. The third-order valence-corrected chi connectivity index (χ3v) is 3.11. The van der Waals surface area contributed by atoms with Gasteiger partial charge in [0.1, 0.15) is 16.2 Å². The van der Waals surface area contributed by atoms with E-state index in [4.69, 9.17) is 39.5 Å². The van der Waals surface area contributed by atoms with Gasteiger partial charge in [-0.3, -0.25) is 4.98 Å². The third kappa shape index (κ3) is 2.90. The first-order valence-corrected chi connectivity index (χ1v) is 6.99. The van der Waals surface area contributed by atoms with Crippen molar-refractivity contribution in [2.24, 2.45) is 0 Å². The molecule has 2 aromatic rings. The Morgan fingerprint density at radius 2 is 2.20 bits per heavy atom. The summed E-state index contributed by atoms with van der Waals surface area (Å²) in [5.74, 6) is -0.501. The maximum atomic E-state index is 11.9. The first kappa shape index (κ1) is 15.1. The van der Waals surface area contributed by atoms with Crippen molar-refractivity contribution < 1.29 is 9.53 Å². The van der Waals surface area contributed by atoms with E-state index in [-0.39, 0.29) is 28.5 Å². The lowest BCUT2D eigenvalue weighted by atomic mass is 10.1. The summed E-state index contributed by atoms with van der Waals surface area (Å²) in [6.07, 6.45) is 1.37. The van der Waals surface area contributed by atoms with Gasteiger partial charge in [-0.05, 0) is 13.0 Å². The molecule has 0 aliphatic carbocycles. The van der Waals surface area contributed by atoms with Crippen LogP contribution in [-0.4, -0.2) is 28.5 Å². The number of fused-ring (bicyclic) bond motifs is 1. The summed E-state index contributed by atoms with van der Waals surface area (Å²) >= 11 is 17.6. The van der Waals surface area contributed by atoms with E-state index in [1.165, 1.54) is 6.20 Å². The van der Waals surface area contributed by atoms with Gasteiger partial charge in [-0.2, -0.15) is 0 Å². The molecule has 2 rings (SSSR count). The van der Waals surface area contributed by atoms with Gasteiger partial charge in [0.05, 0.1) is 18.3 Å². The molecule has 0 aliphatic heterocycles. The largest absolute Gasteiger partial charge is 0.462 e. The number of hydrogen-bond donors (Lipinski definition) is 1. The number of alkyl halides is 1. The molecule has 0 amide bonds. The number of esters is 1. The van der Waals surface area contributed by atoms with Crippen LogP contribution >= 0.6 is 34.8 Å². The Bertz CT molecular complexity index is 664. The predicted molar refractivity (Wildman–Crippen MR) is 79.9 cm³/mol. The minimum absolute atomic E-state index is 0.100. The number of ether oxygens (including phenoxy) is 1.